The Kier molecular flexibility index (Phi) is 5.23. The van der Waals surface area contributed by atoms with E-state index in [1.54, 1.807) is 0 Å². The van der Waals surface area contributed by atoms with Gasteiger partial charge in [-0.25, -0.2) is 0 Å². The second kappa shape index (κ2) is 6.23. The van der Waals surface area contributed by atoms with Crippen LogP contribution in [0.4, 0.5) is 0 Å². The zero-order valence-corrected chi connectivity index (χ0v) is 10.1. The second-order valence-electron chi connectivity index (χ2n) is 3.45. The van der Waals surface area contributed by atoms with Crippen LogP contribution in [0.15, 0.2) is 29.7 Å². The zero-order chi connectivity index (χ0) is 10.4. The fourth-order valence-corrected chi connectivity index (χ4v) is 2.04. The molecule has 0 aliphatic carbocycles. The van der Waals surface area contributed by atoms with Crippen molar-refractivity contribution in [1.29, 1.82) is 0 Å². The van der Waals surface area contributed by atoms with Gasteiger partial charge in [0.05, 0.1) is 0 Å². The molecule has 78 valence electrons. The molecule has 3 heteroatoms. The summed E-state index contributed by atoms with van der Waals surface area (Å²) in [4.78, 5) is 3.69. The first-order chi connectivity index (χ1) is 6.72. The third-order valence-electron chi connectivity index (χ3n) is 2.00. The third kappa shape index (κ3) is 4.27. The van der Waals surface area contributed by atoms with Crippen LogP contribution in [0.3, 0.4) is 0 Å². The summed E-state index contributed by atoms with van der Waals surface area (Å²) in [7, 11) is 2.10. The first-order valence-electron chi connectivity index (χ1n) is 4.66. The Balaban J connectivity index is 2.21. The highest BCUT2D eigenvalue weighted by molar-refractivity contribution is 7.09. The van der Waals surface area contributed by atoms with Gasteiger partial charge < -0.3 is 4.90 Å². The molecule has 0 aromatic carbocycles. The van der Waals surface area contributed by atoms with Crippen LogP contribution in [-0.2, 0) is 6.42 Å². The van der Waals surface area contributed by atoms with Gasteiger partial charge in [-0.2, -0.15) is 0 Å². The Labute approximate surface area is 95.0 Å². The van der Waals surface area contributed by atoms with Gasteiger partial charge in [0.25, 0.3) is 0 Å². The topological polar surface area (TPSA) is 3.24 Å². The molecule has 1 nitrogen and oxygen atoms in total. The molecule has 0 fully saturated rings. The number of hydrogen-bond donors (Lipinski definition) is 0. The van der Waals surface area contributed by atoms with Crippen molar-refractivity contribution in [3.05, 3.63) is 34.5 Å². The lowest BCUT2D eigenvalue weighted by Crippen LogP contribution is -2.23. The maximum absolute atomic E-state index is 5.67. The second-order valence-corrected chi connectivity index (χ2v) is 4.75. The molecular formula is C11H16ClNS. The van der Waals surface area contributed by atoms with Crippen molar-refractivity contribution in [1.82, 2.24) is 4.90 Å². The van der Waals surface area contributed by atoms with E-state index in [4.69, 9.17) is 11.6 Å². The number of nitrogens with zero attached hydrogens (tertiary/aromatic N) is 1. The molecule has 0 N–H and O–H groups in total. The van der Waals surface area contributed by atoms with Crippen LogP contribution in [0.25, 0.3) is 0 Å². The summed E-state index contributed by atoms with van der Waals surface area (Å²) in [5.74, 6) is 0.559. The largest absolute Gasteiger partial charge is 0.302 e. The molecular weight excluding hydrogens is 214 g/mol. The smallest absolute Gasteiger partial charge is 0.0443 e. The van der Waals surface area contributed by atoms with Crippen molar-refractivity contribution in [2.24, 2.45) is 0 Å². The van der Waals surface area contributed by atoms with Crippen LogP contribution in [-0.4, -0.2) is 30.9 Å². The average Bonchev–Trinajstić information content (AvgIpc) is 2.67. The quantitative estimate of drug-likeness (QED) is 0.536. The number of likely N-dealkylation sites (N-methyl/N-ethyl adjacent to an activating group) is 1. The molecule has 0 aliphatic rings. The first-order valence-corrected chi connectivity index (χ1v) is 6.07. The standard InChI is InChI=1S/C11H16ClNS/c1-10(8-12)9-13(2)6-5-11-4-3-7-14-11/h3-4,7H,1,5-6,8-9H2,2H3. The van der Waals surface area contributed by atoms with E-state index < -0.39 is 0 Å². The molecule has 0 aliphatic heterocycles. The van der Waals surface area contributed by atoms with E-state index >= 15 is 0 Å². The molecule has 0 atom stereocenters. The number of alkyl halides is 1. The molecule has 1 aromatic heterocycles. The van der Waals surface area contributed by atoms with Crippen LogP contribution >= 0.6 is 22.9 Å². The van der Waals surface area contributed by atoms with Gasteiger partial charge in [0.2, 0.25) is 0 Å². The van der Waals surface area contributed by atoms with Crippen molar-refractivity contribution in [3.8, 4) is 0 Å². The Bertz CT molecular complexity index is 269. The van der Waals surface area contributed by atoms with E-state index in [1.165, 1.54) is 4.88 Å². The summed E-state index contributed by atoms with van der Waals surface area (Å²) < 4.78 is 0. The lowest BCUT2D eigenvalue weighted by Gasteiger charge is -2.16. The molecule has 0 amide bonds. The van der Waals surface area contributed by atoms with Gasteiger partial charge in [-0.1, -0.05) is 12.6 Å². The van der Waals surface area contributed by atoms with Crippen molar-refractivity contribution in [2.45, 2.75) is 6.42 Å². The number of rotatable bonds is 6. The maximum atomic E-state index is 5.67. The van der Waals surface area contributed by atoms with Gasteiger partial charge in [-0.15, -0.1) is 22.9 Å². The Hall–Kier alpha value is -0.310. The fraction of sp³-hybridized carbons (Fsp3) is 0.455. The summed E-state index contributed by atoms with van der Waals surface area (Å²) in [5.41, 5.74) is 1.08. The highest BCUT2D eigenvalue weighted by atomic mass is 35.5. The van der Waals surface area contributed by atoms with Crippen molar-refractivity contribution >= 4 is 22.9 Å². The Morgan fingerprint density at radius 1 is 1.64 bits per heavy atom. The molecule has 1 aromatic rings. The summed E-state index contributed by atoms with van der Waals surface area (Å²) in [6, 6.07) is 4.27. The lowest BCUT2D eigenvalue weighted by atomic mass is 10.3. The summed E-state index contributed by atoms with van der Waals surface area (Å²) in [6.07, 6.45) is 1.11. The van der Waals surface area contributed by atoms with E-state index in [2.05, 4.69) is 36.0 Å². The molecule has 1 heterocycles. The summed E-state index contributed by atoms with van der Waals surface area (Å²) >= 11 is 7.49. The summed E-state index contributed by atoms with van der Waals surface area (Å²) in [5, 5.41) is 2.12. The molecule has 0 unspecified atom stereocenters. The normalized spacial score (nSPS) is 10.8. The van der Waals surface area contributed by atoms with Crippen molar-refractivity contribution < 1.29 is 0 Å². The molecule has 0 saturated carbocycles. The maximum Gasteiger partial charge on any atom is 0.0443 e. The van der Waals surface area contributed by atoms with Crippen LogP contribution in [0, 0.1) is 0 Å². The minimum Gasteiger partial charge on any atom is -0.302 e. The third-order valence-corrected chi connectivity index (χ3v) is 3.32. The van der Waals surface area contributed by atoms with Gasteiger partial charge in [0, 0.05) is 23.8 Å². The van der Waals surface area contributed by atoms with E-state index in [1.807, 2.05) is 11.3 Å². The van der Waals surface area contributed by atoms with Crippen molar-refractivity contribution in [2.75, 3.05) is 26.0 Å². The van der Waals surface area contributed by atoms with Gasteiger partial charge in [-0.3, -0.25) is 0 Å². The molecule has 0 saturated heterocycles. The Morgan fingerprint density at radius 3 is 3.00 bits per heavy atom. The number of halogens is 1. The molecule has 0 spiro atoms. The highest BCUT2D eigenvalue weighted by Gasteiger charge is 2.01. The van der Waals surface area contributed by atoms with Crippen LogP contribution in [0.1, 0.15) is 4.88 Å². The first kappa shape index (κ1) is 11.8. The summed E-state index contributed by atoms with van der Waals surface area (Å²) in [6.45, 7) is 5.85. The molecule has 0 radical (unpaired) electrons. The SMILES string of the molecule is C=C(CCl)CN(C)CCc1cccs1. The monoisotopic (exact) mass is 229 g/mol. The average molecular weight is 230 g/mol. The number of hydrogen-bond acceptors (Lipinski definition) is 2. The predicted octanol–water partition coefficient (Wildman–Crippen LogP) is 3.02. The van der Waals surface area contributed by atoms with Crippen LogP contribution < -0.4 is 0 Å². The molecule has 14 heavy (non-hydrogen) atoms. The van der Waals surface area contributed by atoms with Crippen molar-refractivity contribution in [3.63, 3.8) is 0 Å². The van der Waals surface area contributed by atoms with Gasteiger partial charge in [0.15, 0.2) is 0 Å². The number of thiophene rings is 1. The van der Waals surface area contributed by atoms with E-state index in [0.29, 0.717) is 5.88 Å². The molecule has 0 bridgehead atoms. The fourth-order valence-electron chi connectivity index (χ4n) is 1.26. The van der Waals surface area contributed by atoms with Crippen LogP contribution in [0.5, 0.6) is 0 Å². The van der Waals surface area contributed by atoms with Gasteiger partial charge >= 0.3 is 0 Å². The minimum atomic E-state index is 0.559. The van der Waals surface area contributed by atoms with E-state index in [9.17, 15) is 0 Å². The Morgan fingerprint density at radius 2 is 2.43 bits per heavy atom. The van der Waals surface area contributed by atoms with E-state index in [0.717, 1.165) is 25.1 Å². The predicted molar refractivity (Wildman–Crippen MR) is 65.4 cm³/mol. The molecule has 1 rings (SSSR count). The van der Waals surface area contributed by atoms with Gasteiger partial charge in [0.1, 0.15) is 0 Å². The highest BCUT2D eigenvalue weighted by Crippen LogP contribution is 2.09. The lowest BCUT2D eigenvalue weighted by molar-refractivity contribution is 0.368. The minimum absolute atomic E-state index is 0.559. The van der Waals surface area contributed by atoms with Crippen LogP contribution in [0.2, 0.25) is 0 Å². The van der Waals surface area contributed by atoms with Gasteiger partial charge in [-0.05, 0) is 30.5 Å². The zero-order valence-electron chi connectivity index (χ0n) is 8.50. The van der Waals surface area contributed by atoms with E-state index in [-0.39, 0.29) is 0 Å².